The number of amides is 1. The number of nitrogens with zero attached hydrogens (tertiary/aromatic N) is 2. The van der Waals surface area contributed by atoms with Crippen molar-refractivity contribution in [3.63, 3.8) is 0 Å². The third-order valence-electron chi connectivity index (χ3n) is 5.07. The highest BCUT2D eigenvalue weighted by Crippen LogP contribution is 2.16. The van der Waals surface area contributed by atoms with E-state index in [1.165, 1.54) is 16.7 Å². The summed E-state index contributed by atoms with van der Waals surface area (Å²) >= 11 is 0. The molecule has 1 aliphatic rings. The van der Waals surface area contributed by atoms with Gasteiger partial charge in [0.1, 0.15) is 0 Å². The van der Waals surface area contributed by atoms with Crippen LogP contribution in [0.5, 0.6) is 0 Å². The lowest BCUT2D eigenvalue weighted by Gasteiger charge is -2.34. The lowest BCUT2D eigenvalue weighted by molar-refractivity contribution is -0.136. The Balaban J connectivity index is 1.49. The van der Waals surface area contributed by atoms with Crippen molar-refractivity contribution in [3.05, 3.63) is 71.3 Å². The van der Waals surface area contributed by atoms with Crippen molar-refractivity contribution in [1.82, 2.24) is 9.80 Å². The van der Waals surface area contributed by atoms with Crippen LogP contribution in [0.15, 0.2) is 54.6 Å². The van der Waals surface area contributed by atoms with Gasteiger partial charge in [-0.15, -0.1) is 0 Å². The van der Waals surface area contributed by atoms with E-state index in [4.69, 9.17) is 0 Å². The van der Waals surface area contributed by atoms with Gasteiger partial charge in [0.2, 0.25) is 5.91 Å². The highest BCUT2D eigenvalue weighted by atomic mass is 16.3. The Labute approximate surface area is 162 Å². The molecule has 0 radical (unpaired) electrons. The number of aryl methyl sites for hydroxylation is 1. The molecule has 1 fully saturated rings. The molecule has 2 aromatic rings. The summed E-state index contributed by atoms with van der Waals surface area (Å²) in [7, 11) is 0. The number of hydrogen-bond donors (Lipinski definition) is 1. The monoisotopic (exact) mass is 366 g/mol. The fraction of sp³-hybridized carbons (Fsp3) is 0.435. The minimum absolute atomic E-state index is 0.201. The van der Waals surface area contributed by atoms with Crippen molar-refractivity contribution in [2.45, 2.75) is 45.4 Å². The first-order chi connectivity index (χ1) is 12.9. The van der Waals surface area contributed by atoms with Gasteiger partial charge in [0.25, 0.3) is 0 Å². The number of rotatable bonds is 7. The molecule has 1 aliphatic heterocycles. The molecule has 0 spiro atoms. The molecular weight excluding hydrogens is 336 g/mol. The first-order valence-corrected chi connectivity index (χ1v) is 9.73. The number of carbonyl (C=O) groups excluding carboxylic acids is 1. The van der Waals surface area contributed by atoms with Gasteiger partial charge in [0, 0.05) is 26.2 Å². The Hall–Kier alpha value is -2.17. The maximum atomic E-state index is 12.5. The number of piperazine rings is 1. The number of aliphatic hydroxyl groups is 1. The minimum atomic E-state index is -0.627. The molecule has 0 aliphatic carbocycles. The van der Waals surface area contributed by atoms with Crippen molar-refractivity contribution in [1.29, 1.82) is 0 Å². The van der Waals surface area contributed by atoms with Gasteiger partial charge in [-0.05, 0) is 43.4 Å². The Kier molecular flexibility index (Phi) is 6.30. The minimum Gasteiger partial charge on any atom is -0.390 e. The van der Waals surface area contributed by atoms with E-state index in [0.717, 1.165) is 32.5 Å². The largest absolute Gasteiger partial charge is 0.390 e. The second kappa shape index (κ2) is 8.68. The normalized spacial score (nSPS) is 16.0. The maximum Gasteiger partial charge on any atom is 0.237 e. The van der Waals surface area contributed by atoms with Crippen LogP contribution in [0.25, 0.3) is 0 Å². The Bertz CT molecular complexity index is 735. The van der Waals surface area contributed by atoms with E-state index in [9.17, 15) is 9.90 Å². The van der Waals surface area contributed by atoms with Crippen LogP contribution in [0.3, 0.4) is 0 Å². The van der Waals surface area contributed by atoms with E-state index in [0.29, 0.717) is 13.1 Å². The van der Waals surface area contributed by atoms with Gasteiger partial charge < -0.3 is 10.0 Å². The topological polar surface area (TPSA) is 43.8 Å². The molecule has 0 bridgehead atoms. The summed E-state index contributed by atoms with van der Waals surface area (Å²) in [6.45, 7) is 7.34. The van der Waals surface area contributed by atoms with Gasteiger partial charge in [-0.1, -0.05) is 54.6 Å². The molecule has 1 N–H and O–H groups in total. The van der Waals surface area contributed by atoms with Crippen molar-refractivity contribution in [2.24, 2.45) is 0 Å². The summed E-state index contributed by atoms with van der Waals surface area (Å²) in [5.41, 5.74) is 3.02. The van der Waals surface area contributed by atoms with E-state index in [-0.39, 0.29) is 5.91 Å². The zero-order chi connectivity index (χ0) is 19.3. The van der Waals surface area contributed by atoms with E-state index in [2.05, 4.69) is 41.3 Å². The highest BCUT2D eigenvalue weighted by Gasteiger charge is 2.23. The van der Waals surface area contributed by atoms with Gasteiger partial charge in [0.05, 0.1) is 12.1 Å². The Morgan fingerprint density at radius 1 is 0.889 bits per heavy atom. The standard InChI is InChI=1S/C23H30N2O2/c1-23(2,27)13-12-19-8-10-21(11-9-19)16-24-14-15-25(22(26)18-24)17-20-6-4-3-5-7-20/h3-11,27H,12-18H2,1-2H3. The van der Waals surface area contributed by atoms with Crippen LogP contribution in [0.1, 0.15) is 37.0 Å². The Morgan fingerprint density at radius 3 is 2.15 bits per heavy atom. The van der Waals surface area contributed by atoms with E-state index >= 15 is 0 Å². The molecule has 1 saturated heterocycles. The van der Waals surface area contributed by atoms with Crippen molar-refractivity contribution in [2.75, 3.05) is 19.6 Å². The number of benzene rings is 2. The molecule has 0 unspecified atom stereocenters. The van der Waals surface area contributed by atoms with Crippen LogP contribution in [0, 0.1) is 0 Å². The van der Waals surface area contributed by atoms with Crippen molar-refractivity contribution in [3.8, 4) is 0 Å². The van der Waals surface area contributed by atoms with E-state index < -0.39 is 5.60 Å². The molecule has 4 nitrogen and oxygen atoms in total. The van der Waals surface area contributed by atoms with Crippen LogP contribution < -0.4 is 0 Å². The third kappa shape index (κ3) is 6.19. The molecule has 144 valence electrons. The summed E-state index contributed by atoms with van der Waals surface area (Å²) in [6.07, 6.45) is 1.63. The average Bonchev–Trinajstić information content (AvgIpc) is 2.64. The van der Waals surface area contributed by atoms with Gasteiger partial charge >= 0.3 is 0 Å². The first-order valence-electron chi connectivity index (χ1n) is 9.73. The van der Waals surface area contributed by atoms with Crippen LogP contribution in [0.4, 0.5) is 0 Å². The van der Waals surface area contributed by atoms with Gasteiger partial charge in [-0.25, -0.2) is 0 Å². The summed E-state index contributed by atoms with van der Waals surface area (Å²) in [6, 6.07) is 18.7. The molecule has 0 atom stereocenters. The molecular formula is C23H30N2O2. The van der Waals surface area contributed by atoms with E-state index in [1.807, 2.05) is 36.9 Å². The molecule has 1 heterocycles. The lowest BCUT2D eigenvalue weighted by Crippen LogP contribution is -2.49. The molecule has 1 amide bonds. The molecule has 3 rings (SSSR count). The summed E-state index contributed by atoms with van der Waals surface area (Å²) < 4.78 is 0. The van der Waals surface area contributed by atoms with Crippen LogP contribution >= 0.6 is 0 Å². The van der Waals surface area contributed by atoms with E-state index in [1.54, 1.807) is 0 Å². The van der Waals surface area contributed by atoms with Crippen LogP contribution in [0.2, 0.25) is 0 Å². The molecule has 0 aromatic heterocycles. The van der Waals surface area contributed by atoms with Crippen molar-refractivity contribution >= 4 is 5.91 Å². The predicted molar refractivity (Wildman–Crippen MR) is 108 cm³/mol. The average molecular weight is 367 g/mol. The van der Waals surface area contributed by atoms with Crippen LogP contribution in [-0.2, 0) is 24.3 Å². The summed E-state index contributed by atoms with van der Waals surface area (Å²) in [5.74, 6) is 0.201. The third-order valence-corrected chi connectivity index (χ3v) is 5.07. The zero-order valence-corrected chi connectivity index (χ0v) is 16.4. The van der Waals surface area contributed by atoms with Crippen LogP contribution in [-0.4, -0.2) is 46.0 Å². The maximum absolute atomic E-state index is 12.5. The molecule has 2 aromatic carbocycles. The lowest BCUT2D eigenvalue weighted by atomic mass is 9.98. The second-order valence-electron chi connectivity index (χ2n) is 8.14. The van der Waals surface area contributed by atoms with Gasteiger partial charge in [-0.2, -0.15) is 0 Å². The first kappa shape index (κ1) is 19.6. The number of hydrogen-bond acceptors (Lipinski definition) is 3. The highest BCUT2D eigenvalue weighted by molar-refractivity contribution is 5.79. The fourth-order valence-electron chi connectivity index (χ4n) is 3.38. The molecule has 0 saturated carbocycles. The SMILES string of the molecule is CC(C)(O)CCc1ccc(CN2CCN(Cc3ccccc3)C(=O)C2)cc1. The molecule has 27 heavy (non-hydrogen) atoms. The van der Waals surface area contributed by atoms with Gasteiger partial charge in [-0.3, -0.25) is 9.69 Å². The quantitative estimate of drug-likeness (QED) is 0.818. The molecule has 4 heteroatoms. The zero-order valence-electron chi connectivity index (χ0n) is 16.4. The predicted octanol–water partition coefficient (Wildman–Crippen LogP) is 3.23. The second-order valence-corrected chi connectivity index (χ2v) is 8.14. The Morgan fingerprint density at radius 2 is 1.52 bits per heavy atom. The summed E-state index contributed by atoms with van der Waals surface area (Å²) in [4.78, 5) is 16.7. The smallest absolute Gasteiger partial charge is 0.237 e. The van der Waals surface area contributed by atoms with Gasteiger partial charge in [0.15, 0.2) is 0 Å². The number of carbonyl (C=O) groups is 1. The summed E-state index contributed by atoms with van der Waals surface area (Å²) in [5, 5.41) is 9.85. The van der Waals surface area contributed by atoms with Crippen molar-refractivity contribution < 1.29 is 9.90 Å². The fourth-order valence-corrected chi connectivity index (χ4v) is 3.38.